The lowest BCUT2D eigenvalue weighted by molar-refractivity contribution is -0.321. The maximum absolute atomic E-state index is 14.0. The molecule has 89 heavy (non-hydrogen) atoms. The summed E-state index contributed by atoms with van der Waals surface area (Å²) in [4.78, 5) is 65.9. The summed E-state index contributed by atoms with van der Waals surface area (Å²) in [5, 5.41) is 6.09. The van der Waals surface area contributed by atoms with Crippen LogP contribution in [-0.4, -0.2) is 222 Å². The predicted octanol–water partition coefficient (Wildman–Crippen LogP) is 3.71. The maximum Gasteiger partial charge on any atom is 0.523 e. The molecule has 2 heterocycles. The number of amides is 3. The Hall–Kier alpha value is -6.45. The summed E-state index contributed by atoms with van der Waals surface area (Å²) in [6.45, 7) is 5.81. The van der Waals surface area contributed by atoms with Crippen LogP contribution in [0.1, 0.15) is 44.0 Å². The fourth-order valence-electron chi connectivity index (χ4n) is 7.18. The van der Waals surface area contributed by atoms with Crippen LogP contribution in [0.5, 0.6) is 5.75 Å². The molecule has 27 nitrogen and oxygen atoms in total. The average Bonchev–Trinajstić information content (AvgIpc) is 1.60. The molecular weight excluding hydrogens is 1230 g/mol. The fraction of sp³-hybridized carbons (Fsp3) is 0.574. The Morgan fingerprint density at radius 2 is 1.11 bits per heavy atom. The smallest absolute Gasteiger partial charge is 0.420 e. The number of nitrogens with one attached hydrogen (secondary N) is 2. The van der Waals surface area contributed by atoms with E-state index in [4.69, 9.17) is 62.5 Å². The maximum atomic E-state index is 14.0. The summed E-state index contributed by atoms with van der Waals surface area (Å²) in [5.74, 6) is -13.9. The van der Waals surface area contributed by atoms with Gasteiger partial charge in [-0.15, -0.1) is 13.2 Å². The van der Waals surface area contributed by atoms with E-state index in [1.807, 2.05) is 6.92 Å². The molecule has 35 heteroatoms. The number of hydrogen-bond acceptors (Lipinski definition) is 23. The number of fused-ring (bicyclic) bond motifs is 1. The molecule has 1 aromatic heterocycles. The van der Waals surface area contributed by atoms with Gasteiger partial charge in [-0.1, -0.05) is 19.1 Å². The summed E-state index contributed by atoms with van der Waals surface area (Å²) in [7, 11) is -5.66. The Balaban J connectivity index is 0.892. The minimum absolute atomic E-state index is 0.00556. The van der Waals surface area contributed by atoms with Crippen molar-refractivity contribution in [3.8, 4) is 16.9 Å². The van der Waals surface area contributed by atoms with Crippen LogP contribution in [0.3, 0.4) is 0 Å². The minimum atomic E-state index is -5.66. The number of aromatic nitrogens is 2. The van der Waals surface area contributed by atoms with E-state index in [0.717, 1.165) is 5.06 Å². The van der Waals surface area contributed by atoms with Crippen LogP contribution < -0.4 is 21.1 Å². The van der Waals surface area contributed by atoms with Gasteiger partial charge in [0.2, 0.25) is 29.2 Å². The first-order valence-corrected chi connectivity index (χ1v) is 29.1. The number of nitrogens with zero attached hydrogens (tertiary/aromatic N) is 4. The van der Waals surface area contributed by atoms with Crippen molar-refractivity contribution in [3.63, 3.8) is 0 Å². The third kappa shape index (κ3) is 30.3. The predicted molar refractivity (Wildman–Crippen MR) is 295 cm³/mol. The number of carbonyl (C=O) groups is 4. The summed E-state index contributed by atoms with van der Waals surface area (Å²) in [5.41, 5.74) is 8.97. The van der Waals surface area contributed by atoms with Gasteiger partial charge in [0.25, 0.3) is 5.91 Å². The number of hydrogen-bond donors (Lipinski definition) is 4. The SMILES string of the molecule is CCCN(OCCNC(=O)COC(F)(F)F)C(=O)C1=Cc2ccc(-c3cnc(CNC(=O)CCOCCOCCOCCOCCOCCOCCOCCOCCOCCOCCC(=O)Oc4c(F)c(F)c(S(=O)(=O)O)c(F)c4F)nc3)cc2N=C(N)C1. The van der Waals surface area contributed by atoms with Crippen LogP contribution in [-0.2, 0) is 92.8 Å². The first-order valence-electron chi connectivity index (χ1n) is 27.7. The number of aliphatic imine (C=N–C) groups is 1. The number of amidine groups is 1. The van der Waals surface area contributed by atoms with Crippen molar-refractivity contribution in [2.75, 3.05) is 158 Å². The van der Waals surface area contributed by atoms with Crippen molar-refractivity contribution in [3.05, 3.63) is 70.8 Å². The summed E-state index contributed by atoms with van der Waals surface area (Å²) in [6.07, 6.45) is -0.0434. The number of nitrogens with two attached hydrogens (primary N) is 1. The molecule has 0 aliphatic carbocycles. The average molecular weight is 1300 g/mol. The highest BCUT2D eigenvalue weighted by atomic mass is 32.2. The number of carbonyl (C=O) groups excluding carboxylic acids is 4. The lowest BCUT2D eigenvalue weighted by Gasteiger charge is -2.22. The van der Waals surface area contributed by atoms with Crippen LogP contribution in [0.15, 0.2) is 46.1 Å². The molecule has 0 bridgehead atoms. The summed E-state index contributed by atoms with van der Waals surface area (Å²) >= 11 is 0. The van der Waals surface area contributed by atoms with Gasteiger partial charge in [0.15, 0.2) is 16.5 Å². The molecule has 0 atom stereocenters. The van der Waals surface area contributed by atoms with Crippen LogP contribution >= 0.6 is 0 Å². The monoisotopic (exact) mass is 1300 g/mol. The van der Waals surface area contributed by atoms with E-state index in [1.54, 1.807) is 36.7 Å². The molecule has 5 N–H and O–H groups in total. The molecule has 4 rings (SSSR count). The highest BCUT2D eigenvalue weighted by Crippen LogP contribution is 2.34. The van der Waals surface area contributed by atoms with Gasteiger partial charge in [0, 0.05) is 55.0 Å². The molecule has 0 spiro atoms. The van der Waals surface area contributed by atoms with E-state index in [1.165, 1.54) is 0 Å². The highest BCUT2D eigenvalue weighted by molar-refractivity contribution is 7.85. The fourth-order valence-corrected chi connectivity index (χ4v) is 7.81. The van der Waals surface area contributed by atoms with Crippen molar-refractivity contribution < 1.29 is 125 Å². The van der Waals surface area contributed by atoms with E-state index in [9.17, 15) is 58.3 Å². The second-order valence-electron chi connectivity index (χ2n) is 18.2. The van der Waals surface area contributed by atoms with Gasteiger partial charge in [-0.25, -0.2) is 28.8 Å². The Labute approximate surface area is 507 Å². The third-order valence-corrected chi connectivity index (χ3v) is 12.2. The van der Waals surface area contributed by atoms with Crippen LogP contribution in [0.2, 0.25) is 0 Å². The Morgan fingerprint density at radius 1 is 0.640 bits per heavy atom. The topological polar surface area (TPSA) is 334 Å². The van der Waals surface area contributed by atoms with E-state index < -0.39 is 81.2 Å². The Kier molecular flexibility index (Phi) is 35.2. The lowest BCUT2D eigenvalue weighted by Crippen LogP contribution is -2.38. The molecule has 3 amide bonds. The molecule has 0 fully saturated rings. The third-order valence-electron chi connectivity index (χ3n) is 11.4. The van der Waals surface area contributed by atoms with Crippen molar-refractivity contribution >= 4 is 51.4 Å². The normalized spacial score (nSPS) is 12.5. The molecule has 1 aliphatic rings. The van der Waals surface area contributed by atoms with Gasteiger partial charge in [-0.2, -0.15) is 17.2 Å². The van der Waals surface area contributed by atoms with Crippen LogP contribution in [0, 0.1) is 23.3 Å². The van der Waals surface area contributed by atoms with Crippen molar-refractivity contribution in [2.24, 2.45) is 10.7 Å². The second kappa shape index (κ2) is 41.8. The number of halogens is 7. The number of esters is 1. The molecule has 1 aliphatic heterocycles. The van der Waals surface area contributed by atoms with E-state index >= 15 is 0 Å². The molecule has 0 saturated carbocycles. The van der Waals surface area contributed by atoms with E-state index in [0.29, 0.717) is 121 Å². The molecule has 498 valence electrons. The van der Waals surface area contributed by atoms with Crippen molar-refractivity contribution in [2.45, 2.75) is 50.4 Å². The van der Waals surface area contributed by atoms with Gasteiger partial charge < -0.3 is 68.5 Å². The highest BCUT2D eigenvalue weighted by Gasteiger charge is 2.34. The van der Waals surface area contributed by atoms with Gasteiger partial charge in [0.1, 0.15) is 18.3 Å². The minimum Gasteiger partial charge on any atom is -0.420 e. The quantitative estimate of drug-likeness (QED) is 0.0119. The van der Waals surface area contributed by atoms with E-state index in [-0.39, 0.29) is 103 Å². The van der Waals surface area contributed by atoms with Gasteiger partial charge >= 0.3 is 22.4 Å². The zero-order valence-electron chi connectivity index (χ0n) is 48.6. The summed E-state index contributed by atoms with van der Waals surface area (Å²) < 4.78 is 185. The first-order chi connectivity index (χ1) is 42.7. The first kappa shape index (κ1) is 75.0. The molecule has 0 radical (unpaired) electrons. The standard InChI is InChI=1S/C54H72F7N7O20S/c1-2-8-68(87-11-7-63-45(70)36-86-54(59,60)61)53(72)39-30-38-4-3-37(31-41(38)67-42(62)32-39)40-33-64-43(65-34-40)35-66-44(69)5-9-76-12-14-78-16-18-80-20-22-82-24-26-84-28-29-85-27-25-83-23-21-81-19-17-79-15-13-77-10-6-46(71)88-51-47(55)49(57)52(89(73,74)75)50(58)48(51)56/h3-4,30-31,33-34H,2,5-29,32,35-36H2,1H3,(H2,62,67)(H,63,70)(H,66,69)(H,73,74,75). The molecule has 3 aromatic rings. The molecule has 0 unspecified atom stereocenters. The zero-order valence-corrected chi connectivity index (χ0v) is 49.4. The van der Waals surface area contributed by atoms with Crippen molar-refractivity contribution in [1.82, 2.24) is 25.7 Å². The Morgan fingerprint density at radius 3 is 1.57 bits per heavy atom. The lowest BCUT2D eigenvalue weighted by atomic mass is 10.0. The molecule has 2 aromatic carbocycles. The Bertz CT molecular complexity index is 2820. The van der Waals surface area contributed by atoms with Gasteiger partial charge in [-0.3, -0.25) is 33.3 Å². The number of rotatable bonds is 47. The number of benzene rings is 2. The second-order valence-corrected chi connectivity index (χ2v) is 19.6. The number of ether oxygens (including phenoxy) is 12. The number of hydroxylamine groups is 2. The molecule has 0 saturated heterocycles. The van der Waals surface area contributed by atoms with Gasteiger partial charge in [0.05, 0.1) is 157 Å². The summed E-state index contributed by atoms with van der Waals surface area (Å²) in [6, 6.07) is 5.33. The van der Waals surface area contributed by atoms with Crippen LogP contribution in [0.25, 0.3) is 17.2 Å². The zero-order chi connectivity index (χ0) is 64.9. The van der Waals surface area contributed by atoms with Crippen LogP contribution in [0.4, 0.5) is 36.4 Å². The molecular formula is C54H72F7N7O20S. The number of alkyl halides is 3. The van der Waals surface area contributed by atoms with Gasteiger partial charge in [-0.05, 0) is 24.1 Å². The van der Waals surface area contributed by atoms with E-state index in [2.05, 4.69) is 35.1 Å². The van der Waals surface area contributed by atoms with Crippen molar-refractivity contribution in [1.29, 1.82) is 0 Å². The largest absolute Gasteiger partial charge is 0.523 e.